The first-order chi connectivity index (χ1) is 11.7. The normalized spacial score (nSPS) is 16.5. The van der Waals surface area contributed by atoms with Gasteiger partial charge in [-0.15, -0.1) is 0 Å². The van der Waals surface area contributed by atoms with Gasteiger partial charge in [-0.25, -0.2) is 0 Å². The molecule has 25 heavy (non-hydrogen) atoms. The second-order valence-electron chi connectivity index (χ2n) is 7.41. The number of carbonyl (C=O) groups is 2. The average Bonchev–Trinajstić information content (AvgIpc) is 2.47. The predicted octanol–water partition coefficient (Wildman–Crippen LogP) is 1.81. The maximum absolute atomic E-state index is 12.1. The molecule has 0 spiro atoms. The van der Waals surface area contributed by atoms with E-state index in [1.165, 1.54) is 0 Å². The smallest absolute Gasteiger partial charge is 0.238 e. The van der Waals surface area contributed by atoms with E-state index in [0.29, 0.717) is 23.8 Å². The summed E-state index contributed by atoms with van der Waals surface area (Å²) in [5, 5.41) is 6.43. The fraction of sp³-hybridized carbons (Fsp3) is 0.556. The Labute approximate surface area is 154 Å². The SMILES string of the molecule is CC(C)(C)NC(=O)CN1CCN(CC(=O)Nc2cccc(Cl)c2)CC1. The molecule has 2 N–H and O–H groups in total. The van der Waals surface area contributed by atoms with Crippen molar-refractivity contribution in [3.63, 3.8) is 0 Å². The van der Waals surface area contributed by atoms with E-state index in [0.717, 1.165) is 26.2 Å². The van der Waals surface area contributed by atoms with Crippen LogP contribution in [0.15, 0.2) is 24.3 Å². The maximum Gasteiger partial charge on any atom is 0.238 e. The molecule has 7 heteroatoms. The summed E-state index contributed by atoms with van der Waals surface area (Å²) >= 11 is 5.92. The third-order valence-corrected chi connectivity index (χ3v) is 4.06. The van der Waals surface area contributed by atoms with Crippen molar-refractivity contribution in [1.29, 1.82) is 0 Å². The average molecular weight is 367 g/mol. The van der Waals surface area contributed by atoms with Gasteiger partial charge in [-0.2, -0.15) is 0 Å². The lowest BCUT2D eigenvalue weighted by molar-refractivity contribution is -0.124. The Hall–Kier alpha value is -1.63. The van der Waals surface area contributed by atoms with E-state index in [-0.39, 0.29) is 17.4 Å². The van der Waals surface area contributed by atoms with Gasteiger partial charge in [0.2, 0.25) is 11.8 Å². The van der Waals surface area contributed by atoms with Gasteiger partial charge >= 0.3 is 0 Å². The fourth-order valence-corrected chi connectivity index (χ4v) is 2.93. The van der Waals surface area contributed by atoms with Crippen molar-refractivity contribution in [2.24, 2.45) is 0 Å². The molecule has 6 nitrogen and oxygen atoms in total. The van der Waals surface area contributed by atoms with E-state index in [1.54, 1.807) is 18.2 Å². The topological polar surface area (TPSA) is 64.7 Å². The van der Waals surface area contributed by atoms with Gasteiger partial charge in [-0.1, -0.05) is 17.7 Å². The fourth-order valence-electron chi connectivity index (χ4n) is 2.74. The number of nitrogens with zero attached hydrogens (tertiary/aromatic N) is 2. The minimum Gasteiger partial charge on any atom is -0.350 e. The van der Waals surface area contributed by atoms with Gasteiger partial charge in [0.25, 0.3) is 0 Å². The summed E-state index contributed by atoms with van der Waals surface area (Å²) in [7, 11) is 0. The Bertz CT molecular complexity index is 607. The predicted molar refractivity (Wildman–Crippen MR) is 101 cm³/mol. The van der Waals surface area contributed by atoms with Gasteiger partial charge < -0.3 is 10.6 Å². The van der Waals surface area contributed by atoms with Crippen LogP contribution in [-0.2, 0) is 9.59 Å². The first-order valence-corrected chi connectivity index (χ1v) is 8.90. The Kier molecular flexibility index (Phi) is 6.81. The summed E-state index contributed by atoms with van der Waals surface area (Å²) in [6.45, 7) is 9.76. The molecule has 1 aliphatic rings. The Morgan fingerprint density at radius 3 is 2.12 bits per heavy atom. The van der Waals surface area contributed by atoms with Crippen LogP contribution in [0.1, 0.15) is 20.8 Å². The summed E-state index contributed by atoms with van der Waals surface area (Å²) in [6, 6.07) is 7.12. The lowest BCUT2D eigenvalue weighted by atomic mass is 10.1. The van der Waals surface area contributed by atoms with Crippen molar-refractivity contribution in [2.75, 3.05) is 44.6 Å². The molecule has 0 bridgehead atoms. The number of amides is 2. The Morgan fingerprint density at radius 1 is 1.04 bits per heavy atom. The zero-order valence-corrected chi connectivity index (χ0v) is 15.9. The number of anilines is 1. The van der Waals surface area contributed by atoms with Crippen LogP contribution >= 0.6 is 11.6 Å². The maximum atomic E-state index is 12.1. The summed E-state index contributed by atoms with van der Waals surface area (Å²) in [6.07, 6.45) is 0. The highest BCUT2D eigenvalue weighted by molar-refractivity contribution is 6.30. The minimum absolute atomic E-state index is 0.0413. The van der Waals surface area contributed by atoms with Crippen LogP contribution in [0.3, 0.4) is 0 Å². The van der Waals surface area contributed by atoms with Gasteiger partial charge in [0.05, 0.1) is 13.1 Å². The molecular formula is C18H27ClN4O2. The number of halogens is 1. The first-order valence-electron chi connectivity index (χ1n) is 8.52. The summed E-state index contributed by atoms with van der Waals surface area (Å²) in [4.78, 5) is 28.3. The Balaban J connectivity index is 1.71. The number of nitrogens with one attached hydrogen (secondary N) is 2. The number of benzene rings is 1. The molecule has 2 amide bonds. The van der Waals surface area contributed by atoms with Crippen LogP contribution in [0.4, 0.5) is 5.69 Å². The van der Waals surface area contributed by atoms with Gasteiger partial charge in [0, 0.05) is 42.4 Å². The van der Waals surface area contributed by atoms with Crippen molar-refractivity contribution in [3.05, 3.63) is 29.3 Å². The van der Waals surface area contributed by atoms with Crippen molar-refractivity contribution < 1.29 is 9.59 Å². The largest absolute Gasteiger partial charge is 0.350 e. The molecule has 0 atom stereocenters. The molecular weight excluding hydrogens is 340 g/mol. The lowest BCUT2D eigenvalue weighted by Gasteiger charge is -2.34. The molecule has 0 unspecified atom stereocenters. The van der Waals surface area contributed by atoms with Crippen molar-refractivity contribution in [1.82, 2.24) is 15.1 Å². The molecule has 1 aliphatic heterocycles. The molecule has 0 saturated carbocycles. The first kappa shape index (κ1) is 19.7. The van der Waals surface area contributed by atoms with E-state index < -0.39 is 0 Å². The van der Waals surface area contributed by atoms with Crippen LogP contribution in [0.5, 0.6) is 0 Å². The number of rotatable bonds is 5. The van der Waals surface area contributed by atoms with Crippen molar-refractivity contribution >= 4 is 29.1 Å². The summed E-state index contributed by atoms with van der Waals surface area (Å²) in [5.41, 5.74) is 0.493. The standard InChI is InChI=1S/C18H27ClN4O2/c1-18(2,3)21-17(25)13-23-9-7-22(8-10-23)12-16(24)20-15-6-4-5-14(19)11-15/h4-6,11H,7-10,12-13H2,1-3H3,(H,20,24)(H,21,25). The highest BCUT2D eigenvalue weighted by atomic mass is 35.5. The van der Waals surface area contributed by atoms with E-state index >= 15 is 0 Å². The number of carbonyl (C=O) groups excluding carboxylic acids is 2. The van der Waals surface area contributed by atoms with Crippen LogP contribution in [0.2, 0.25) is 5.02 Å². The van der Waals surface area contributed by atoms with Crippen LogP contribution in [0, 0.1) is 0 Å². The van der Waals surface area contributed by atoms with Crippen LogP contribution in [-0.4, -0.2) is 66.4 Å². The summed E-state index contributed by atoms with van der Waals surface area (Å²) < 4.78 is 0. The monoisotopic (exact) mass is 366 g/mol. The van der Waals surface area contributed by atoms with Crippen LogP contribution < -0.4 is 10.6 Å². The van der Waals surface area contributed by atoms with E-state index in [1.807, 2.05) is 26.8 Å². The quantitative estimate of drug-likeness (QED) is 0.834. The van der Waals surface area contributed by atoms with Gasteiger partial charge in [0.15, 0.2) is 0 Å². The number of hydrogen-bond donors (Lipinski definition) is 2. The minimum atomic E-state index is -0.211. The Morgan fingerprint density at radius 2 is 1.60 bits per heavy atom. The van der Waals surface area contributed by atoms with Crippen molar-refractivity contribution in [3.8, 4) is 0 Å². The number of piperazine rings is 1. The van der Waals surface area contributed by atoms with Crippen molar-refractivity contribution in [2.45, 2.75) is 26.3 Å². The lowest BCUT2D eigenvalue weighted by Crippen LogP contribution is -2.52. The molecule has 1 saturated heterocycles. The zero-order chi connectivity index (χ0) is 18.4. The third kappa shape index (κ3) is 7.42. The summed E-state index contributed by atoms with van der Waals surface area (Å²) in [5.74, 6) is -0.0131. The van der Waals surface area contributed by atoms with Gasteiger partial charge in [-0.3, -0.25) is 19.4 Å². The molecule has 1 aromatic rings. The van der Waals surface area contributed by atoms with E-state index in [2.05, 4.69) is 20.4 Å². The molecule has 0 aliphatic carbocycles. The molecule has 0 radical (unpaired) electrons. The van der Waals surface area contributed by atoms with Crippen LogP contribution in [0.25, 0.3) is 0 Å². The second-order valence-corrected chi connectivity index (χ2v) is 7.85. The molecule has 1 fully saturated rings. The van der Waals surface area contributed by atoms with Gasteiger partial charge in [0.1, 0.15) is 0 Å². The van der Waals surface area contributed by atoms with Gasteiger partial charge in [-0.05, 0) is 39.0 Å². The highest BCUT2D eigenvalue weighted by Gasteiger charge is 2.22. The molecule has 2 rings (SSSR count). The van der Waals surface area contributed by atoms with E-state index in [4.69, 9.17) is 11.6 Å². The molecule has 0 aromatic heterocycles. The molecule has 138 valence electrons. The highest BCUT2D eigenvalue weighted by Crippen LogP contribution is 2.15. The zero-order valence-electron chi connectivity index (χ0n) is 15.1. The van der Waals surface area contributed by atoms with E-state index in [9.17, 15) is 9.59 Å². The number of hydrogen-bond acceptors (Lipinski definition) is 4. The molecule has 1 aromatic carbocycles. The molecule has 1 heterocycles. The second kappa shape index (κ2) is 8.65. The third-order valence-electron chi connectivity index (χ3n) is 3.82.